The largest absolute Gasteiger partial charge is 0.350 e. The van der Waals surface area contributed by atoms with Crippen molar-refractivity contribution in [3.8, 4) is 0 Å². The minimum atomic E-state index is -4.14. The Bertz CT molecular complexity index is 1440. The molecule has 0 heterocycles. The normalized spacial score (nSPS) is 12.5. The highest BCUT2D eigenvalue weighted by molar-refractivity contribution is 9.10. The third-order valence-corrected chi connectivity index (χ3v) is 8.45. The molecule has 1 N–H and O–H groups in total. The average molecular weight is 635 g/mol. The van der Waals surface area contributed by atoms with Crippen LogP contribution in [0, 0.1) is 6.92 Å². The number of amides is 2. The molecule has 0 saturated heterocycles. The second-order valence-electron chi connectivity index (χ2n) is 10.3. The van der Waals surface area contributed by atoms with Crippen molar-refractivity contribution in [3.05, 3.63) is 93.4 Å². The topological polar surface area (TPSA) is 86.8 Å². The van der Waals surface area contributed by atoms with E-state index in [1.807, 2.05) is 45.0 Å². The zero-order chi connectivity index (χ0) is 29.0. The smallest absolute Gasteiger partial charge is 0.264 e. The highest BCUT2D eigenvalue weighted by Gasteiger charge is 2.33. The maximum Gasteiger partial charge on any atom is 0.264 e. The quantitative estimate of drug-likeness (QED) is 0.316. The molecule has 3 aromatic carbocycles. The van der Waals surface area contributed by atoms with Crippen LogP contribution in [0.3, 0.4) is 0 Å². The van der Waals surface area contributed by atoms with Crippen LogP contribution in [0.1, 0.15) is 38.8 Å². The van der Waals surface area contributed by atoms with Crippen LogP contribution in [0.2, 0.25) is 5.02 Å². The fraction of sp³-hybridized carbons (Fsp3) is 0.310. The van der Waals surface area contributed by atoms with Gasteiger partial charge >= 0.3 is 0 Å². The number of nitrogens with one attached hydrogen (secondary N) is 1. The average Bonchev–Trinajstić information content (AvgIpc) is 2.85. The monoisotopic (exact) mass is 633 g/mol. The van der Waals surface area contributed by atoms with E-state index in [0.29, 0.717) is 16.3 Å². The summed E-state index contributed by atoms with van der Waals surface area (Å²) in [6.07, 6.45) is 0. The first kappa shape index (κ1) is 30.7. The van der Waals surface area contributed by atoms with Gasteiger partial charge in [-0.05, 0) is 88.2 Å². The summed E-state index contributed by atoms with van der Waals surface area (Å²) in [7, 11) is -4.14. The van der Waals surface area contributed by atoms with Crippen LogP contribution in [0.25, 0.3) is 0 Å². The van der Waals surface area contributed by atoms with Gasteiger partial charge in [0.25, 0.3) is 10.0 Å². The Balaban J connectivity index is 2.06. The van der Waals surface area contributed by atoms with Gasteiger partial charge in [-0.3, -0.25) is 13.9 Å². The lowest BCUT2D eigenvalue weighted by molar-refractivity contribution is -0.140. The van der Waals surface area contributed by atoms with E-state index in [1.165, 1.54) is 17.0 Å². The number of aryl methyl sites for hydroxylation is 1. The molecular weight excluding hydrogens is 602 g/mol. The molecule has 208 valence electrons. The molecule has 1 atom stereocenters. The third kappa shape index (κ3) is 8.06. The zero-order valence-corrected chi connectivity index (χ0v) is 25.8. The standard InChI is InChI=1S/C29H33BrClN3O4S/c1-20-16-24(31)14-15-26(20)34(39(37,38)25-12-7-6-8-13-25)19-27(35)33(18-22-10-9-11-23(30)17-22)21(2)28(36)32-29(3,4)5/h6-17,21H,18-19H2,1-5H3,(H,32,36)/t21-/m0/s1. The number of halogens is 2. The summed E-state index contributed by atoms with van der Waals surface area (Å²) >= 11 is 9.60. The van der Waals surface area contributed by atoms with E-state index in [2.05, 4.69) is 21.2 Å². The van der Waals surface area contributed by atoms with E-state index in [-0.39, 0.29) is 17.3 Å². The van der Waals surface area contributed by atoms with Gasteiger partial charge in [-0.15, -0.1) is 0 Å². The molecule has 3 rings (SSSR count). The number of hydrogen-bond donors (Lipinski definition) is 1. The van der Waals surface area contributed by atoms with Gasteiger partial charge in [0.2, 0.25) is 11.8 Å². The maximum absolute atomic E-state index is 14.0. The van der Waals surface area contributed by atoms with Gasteiger partial charge in [0.15, 0.2) is 0 Å². The van der Waals surface area contributed by atoms with Gasteiger partial charge < -0.3 is 10.2 Å². The number of benzene rings is 3. The van der Waals surface area contributed by atoms with Crippen molar-refractivity contribution in [2.45, 2.75) is 57.6 Å². The molecule has 2 amide bonds. The molecule has 7 nitrogen and oxygen atoms in total. The second-order valence-corrected chi connectivity index (χ2v) is 13.5. The van der Waals surface area contributed by atoms with Gasteiger partial charge in [-0.2, -0.15) is 0 Å². The molecule has 0 aromatic heterocycles. The zero-order valence-electron chi connectivity index (χ0n) is 22.6. The Hall–Kier alpha value is -2.88. The summed E-state index contributed by atoms with van der Waals surface area (Å²) < 4.78 is 29.6. The summed E-state index contributed by atoms with van der Waals surface area (Å²) in [5.41, 5.74) is 1.19. The molecule has 39 heavy (non-hydrogen) atoms. The van der Waals surface area contributed by atoms with E-state index >= 15 is 0 Å². The number of carbonyl (C=O) groups is 2. The van der Waals surface area contributed by atoms with Crippen molar-refractivity contribution in [1.29, 1.82) is 0 Å². The lowest BCUT2D eigenvalue weighted by atomic mass is 10.1. The molecule has 0 radical (unpaired) electrons. The number of hydrogen-bond acceptors (Lipinski definition) is 4. The molecule has 0 aliphatic carbocycles. The van der Waals surface area contributed by atoms with Crippen molar-refractivity contribution >= 4 is 55.1 Å². The van der Waals surface area contributed by atoms with E-state index in [1.54, 1.807) is 50.2 Å². The summed E-state index contributed by atoms with van der Waals surface area (Å²) in [5, 5.41) is 3.37. The summed E-state index contributed by atoms with van der Waals surface area (Å²) in [4.78, 5) is 28.6. The number of sulfonamides is 1. The van der Waals surface area contributed by atoms with Crippen LogP contribution in [0.15, 0.2) is 82.2 Å². The number of anilines is 1. The maximum atomic E-state index is 14.0. The van der Waals surface area contributed by atoms with E-state index in [4.69, 9.17) is 11.6 Å². The molecule has 3 aromatic rings. The minimum absolute atomic E-state index is 0.0456. The number of carbonyl (C=O) groups excluding carboxylic acids is 2. The summed E-state index contributed by atoms with van der Waals surface area (Å²) in [6, 6.07) is 19.3. The van der Waals surface area contributed by atoms with Gasteiger partial charge in [0, 0.05) is 21.6 Å². The first-order valence-corrected chi connectivity index (χ1v) is 15.0. The van der Waals surface area contributed by atoms with Crippen molar-refractivity contribution < 1.29 is 18.0 Å². The second kappa shape index (κ2) is 12.5. The van der Waals surface area contributed by atoms with E-state index in [0.717, 1.165) is 14.3 Å². The molecule has 0 fully saturated rings. The van der Waals surface area contributed by atoms with Crippen molar-refractivity contribution in [1.82, 2.24) is 10.2 Å². The van der Waals surface area contributed by atoms with Crippen LogP contribution in [-0.4, -0.2) is 43.3 Å². The van der Waals surface area contributed by atoms with Crippen LogP contribution in [0.4, 0.5) is 5.69 Å². The Morgan fingerprint density at radius 3 is 2.26 bits per heavy atom. The molecule has 0 unspecified atom stereocenters. The van der Waals surface area contributed by atoms with Crippen LogP contribution < -0.4 is 9.62 Å². The predicted octanol–water partition coefficient (Wildman–Crippen LogP) is 5.94. The molecule has 0 bridgehead atoms. The van der Waals surface area contributed by atoms with Crippen LogP contribution in [0.5, 0.6) is 0 Å². The number of nitrogens with zero attached hydrogens (tertiary/aromatic N) is 2. The molecule has 10 heteroatoms. The Labute approximate surface area is 244 Å². The van der Waals surface area contributed by atoms with Crippen LogP contribution >= 0.6 is 27.5 Å². The van der Waals surface area contributed by atoms with E-state index in [9.17, 15) is 18.0 Å². The Morgan fingerprint density at radius 2 is 1.67 bits per heavy atom. The summed E-state index contributed by atoms with van der Waals surface area (Å²) in [5.74, 6) is -0.869. The Kier molecular flexibility index (Phi) is 9.85. The van der Waals surface area contributed by atoms with Crippen LogP contribution in [-0.2, 0) is 26.2 Å². The molecule has 0 aliphatic rings. The van der Waals surface area contributed by atoms with Gasteiger partial charge in [-0.25, -0.2) is 8.42 Å². The number of rotatable bonds is 9. The lowest BCUT2D eigenvalue weighted by Gasteiger charge is -2.34. The predicted molar refractivity (Wildman–Crippen MR) is 159 cm³/mol. The third-order valence-electron chi connectivity index (χ3n) is 5.95. The van der Waals surface area contributed by atoms with E-state index < -0.39 is 34.1 Å². The van der Waals surface area contributed by atoms with Crippen molar-refractivity contribution in [2.75, 3.05) is 10.8 Å². The van der Waals surface area contributed by atoms with Gasteiger partial charge in [0.05, 0.1) is 10.6 Å². The molecule has 0 aliphatic heterocycles. The van der Waals surface area contributed by atoms with Gasteiger partial charge in [0.1, 0.15) is 12.6 Å². The lowest BCUT2D eigenvalue weighted by Crippen LogP contribution is -2.54. The SMILES string of the molecule is Cc1cc(Cl)ccc1N(CC(=O)N(Cc1cccc(Br)c1)[C@@H](C)C(=O)NC(C)(C)C)S(=O)(=O)c1ccccc1. The molecule has 0 spiro atoms. The van der Waals surface area contributed by atoms with Crippen molar-refractivity contribution in [3.63, 3.8) is 0 Å². The fourth-order valence-corrected chi connectivity index (χ4v) is 6.19. The van der Waals surface area contributed by atoms with Gasteiger partial charge in [-0.1, -0.05) is 57.9 Å². The Morgan fingerprint density at radius 1 is 1.00 bits per heavy atom. The first-order valence-electron chi connectivity index (χ1n) is 12.4. The fourth-order valence-electron chi connectivity index (χ4n) is 4.02. The minimum Gasteiger partial charge on any atom is -0.350 e. The molecular formula is C29H33BrClN3O4S. The van der Waals surface area contributed by atoms with Crippen molar-refractivity contribution in [2.24, 2.45) is 0 Å². The summed E-state index contributed by atoms with van der Waals surface area (Å²) in [6.45, 7) is 8.54. The highest BCUT2D eigenvalue weighted by atomic mass is 79.9. The molecule has 0 saturated carbocycles. The first-order chi connectivity index (χ1) is 18.2. The highest BCUT2D eigenvalue weighted by Crippen LogP contribution is 2.29.